The number of hydrogen-bond acceptors (Lipinski definition) is 5. The summed E-state index contributed by atoms with van der Waals surface area (Å²) in [5.74, 6) is -0.508. The number of carbonyl (C=O) groups is 1. The van der Waals surface area contributed by atoms with Gasteiger partial charge >= 0.3 is 5.97 Å². The molecule has 0 aliphatic heterocycles. The summed E-state index contributed by atoms with van der Waals surface area (Å²) in [7, 11) is 0. The number of nitrogens with zero attached hydrogens (tertiary/aromatic N) is 1. The van der Waals surface area contributed by atoms with Gasteiger partial charge in [0.25, 0.3) is 0 Å². The van der Waals surface area contributed by atoms with Crippen LogP contribution in [0.4, 0.5) is 0 Å². The predicted molar refractivity (Wildman–Crippen MR) is 103 cm³/mol. The van der Waals surface area contributed by atoms with E-state index in [1.807, 2.05) is 41.9 Å². The van der Waals surface area contributed by atoms with Gasteiger partial charge in [-0.15, -0.1) is 11.3 Å². The summed E-state index contributed by atoms with van der Waals surface area (Å²) < 4.78 is 4.88. The molecule has 6 heteroatoms. The van der Waals surface area contributed by atoms with Gasteiger partial charge < -0.3 is 15.0 Å². The number of ether oxygens (including phenoxy) is 1. The maximum absolute atomic E-state index is 11.7. The molecule has 0 saturated carbocycles. The average Bonchev–Trinajstić information content (AvgIpc) is 3.32. The highest BCUT2D eigenvalue weighted by molar-refractivity contribution is 7.10. The van der Waals surface area contributed by atoms with Gasteiger partial charge in [0.05, 0.1) is 6.61 Å². The van der Waals surface area contributed by atoms with Crippen molar-refractivity contribution in [1.29, 1.82) is 5.26 Å². The summed E-state index contributed by atoms with van der Waals surface area (Å²) >= 11 is 1.69. The summed E-state index contributed by atoms with van der Waals surface area (Å²) in [6.07, 6.45) is 3.46. The monoisotopic (exact) mass is 365 g/mol. The van der Waals surface area contributed by atoms with E-state index in [-0.39, 0.29) is 18.1 Å². The van der Waals surface area contributed by atoms with Crippen LogP contribution in [0.5, 0.6) is 0 Å². The molecule has 3 aromatic rings. The molecule has 0 radical (unpaired) electrons. The van der Waals surface area contributed by atoms with Gasteiger partial charge in [0.2, 0.25) is 0 Å². The van der Waals surface area contributed by atoms with Crippen LogP contribution in [0.3, 0.4) is 0 Å². The Balaban J connectivity index is 1.85. The van der Waals surface area contributed by atoms with Crippen molar-refractivity contribution in [2.24, 2.45) is 0 Å². The maximum Gasteiger partial charge on any atom is 0.350 e. The van der Waals surface area contributed by atoms with Gasteiger partial charge in [0.1, 0.15) is 6.07 Å². The first-order valence-corrected chi connectivity index (χ1v) is 9.22. The van der Waals surface area contributed by atoms with Gasteiger partial charge in [-0.1, -0.05) is 24.3 Å². The molecule has 0 saturated heterocycles. The smallest absolute Gasteiger partial charge is 0.350 e. The summed E-state index contributed by atoms with van der Waals surface area (Å²) in [6, 6.07) is 14.2. The number of thiophene rings is 1. The first-order valence-electron chi connectivity index (χ1n) is 8.34. The van der Waals surface area contributed by atoms with E-state index in [4.69, 9.17) is 10.00 Å². The molecule has 1 unspecified atom stereocenters. The van der Waals surface area contributed by atoms with Crippen molar-refractivity contribution in [3.05, 3.63) is 70.2 Å². The zero-order valence-corrected chi connectivity index (χ0v) is 15.2. The molecule has 5 nitrogen and oxygen atoms in total. The van der Waals surface area contributed by atoms with Crippen LogP contribution in [-0.2, 0) is 9.53 Å². The van der Waals surface area contributed by atoms with Crippen molar-refractivity contribution >= 4 is 28.2 Å². The zero-order chi connectivity index (χ0) is 18.4. The van der Waals surface area contributed by atoms with Crippen molar-refractivity contribution in [3.63, 3.8) is 0 Å². The number of hydrogen-bond donors (Lipinski definition) is 2. The summed E-state index contributed by atoms with van der Waals surface area (Å²) in [5.41, 5.74) is 2.23. The second kappa shape index (κ2) is 8.37. The van der Waals surface area contributed by atoms with Crippen LogP contribution in [0.25, 0.3) is 10.9 Å². The second-order valence-corrected chi connectivity index (χ2v) is 6.64. The molecule has 0 amide bonds. The number of nitrogens with one attached hydrogen (secondary N) is 2. The molecule has 1 atom stereocenters. The third kappa shape index (κ3) is 3.79. The van der Waals surface area contributed by atoms with Gasteiger partial charge in [-0.3, -0.25) is 0 Å². The fourth-order valence-electron chi connectivity index (χ4n) is 2.86. The molecule has 3 rings (SSSR count). The first-order chi connectivity index (χ1) is 12.7. The minimum absolute atomic E-state index is 0.0318. The number of nitriles is 1. The molecule has 0 fully saturated rings. The van der Waals surface area contributed by atoms with Crippen molar-refractivity contribution in [3.8, 4) is 6.07 Å². The molecular weight excluding hydrogens is 346 g/mol. The Morgan fingerprint density at radius 1 is 1.38 bits per heavy atom. The first kappa shape index (κ1) is 17.8. The Morgan fingerprint density at radius 3 is 2.96 bits per heavy atom. The van der Waals surface area contributed by atoms with E-state index in [1.54, 1.807) is 18.3 Å². The lowest BCUT2D eigenvalue weighted by molar-refractivity contribution is -0.138. The Morgan fingerprint density at radius 2 is 2.23 bits per heavy atom. The molecule has 132 valence electrons. The van der Waals surface area contributed by atoms with Crippen molar-refractivity contribution in [2.45, 2.75) is 12.8 Å². The Kier molecular flexibility index (Phi) is 5.72. The van der Waals surface area contributed by atoms with Crippen molar-refractivity contribution in [2.75, 3.05) is 13.2 Å². The van der Waals surface area contributed by atoms with Crippen molar-refractivity contribution < 1.29 is 9.53 Å². The largest absolute Gasteiger partial charge is 0.462 e. The number of esters is 1. The molecular formula is C20H19N3O2S. The predicted octanol–water partition coefficient (Wildman–Crippen LogP) is 3.92. The number of carbonyl (C=O) groups excluding carboxylic acids is 1. The number of benzene rings is 1. The number of para-hydroxylation sites is 1. The Hall–Kier alpha value is -3.04. The summed E-state index contributed by atoms with van der Waals surface area (Å²) in [6.45, 7) is 2.52. The van der Waals surface area contributed by atoms with Crippen LogP contribution in [0.15, 0.2) is 59.7 Å². The van der Waals surface area contributed by atoms with E-state index in [0.29, 0.717) is 6.54 Å². The zero-order valence-electron chi connectivity index (χ0n) is 14.4. The SMILES string of the molecule is CCOC(=O)/C(C#N)=C/NCC(c1cccs1)c1c[nH]c2ccccc12. The highest BCUT2D eigenvalue weighted by Gasteiger charge is 2.19. The number of fused-ring (bicyclic) bond motifs is 1. The lowest BCUT2D eigenvalue weighted by Gasteiger charge is -2.15. The van der Waals surface area contributed by atoms with Gasteiger partial charge in [-0.05, 0) is 30.0 Å². The van der Waals surface area contributed by atoms with E-state index in [1.165, 1.54) is 22.0 Å². The quantitative estimate of drug-likeness (QED) is 0.378. The Labute approximate surface area is 155 Å². The topological polar surface area (TPSA) is 77.9 Å². The second-order valence-electron chi connectivity index (χ2n) is 5.66. The van der Waals surface area contributed by atoms with Crippen LogP contribution in [0, 0.1) is 11.3 Å². The van der Waals surface area contributed by atoms with Gasteiger partial charge in [-0.25, -0.2) is 4.79 Å². The lowest BCUT2D eigenvalue weighted by atomic mass is 9.97. The third-order valence-electron chi connectivity index (χ3n) is 4.07. The molecule has 2 aromatic heterocycles. The van der Waals surface area contributed by atoms with Crippen LogP contribution >= 0.6 is 11.3 Å². The fraction of sp³-hybridized carbons (Fsp3) is 0.200. The summed E-state index contributed by atoms with van der Waals surface area (Å²) in [4.78, 5) is 16.3. The molecule has 26 heavy (non-hydrogen) atoms. The highest BCUT2D eigenvalue weighted by Crippen LogP contribution is 2.32. The third-order valence-corrected chi connectivity index (χ3v) is 5.05. The van der Waals surface area contributed by atoms with Crippen LogP contribution < -0.4 is 5.32 Å². The molecule has 1 aromatic carbocycles. The van der Waals surface area contributed by atoms with Crippen LogP contribution in [-0.4, -0.2) is 24.1 Å². The molecule has 2 N–H and O–H groups in total. The number of rotatable bonds is 7. The number of aromatic amines is 1. The number of H-pyrrole nitrogens is 1. The van der Waals surface area contributed by atoms with E-state index in [0.717, 1.165) is 5.52 Å². The molecule has 0 aliphatic rings. The van der Waals surface area contributed by atoms with Crippen LogP contribution in [0.2, 0.25) is 0 Å². The maximum atomic E-state index is 11.7. The molecule has 0 bridgehead atoms. The van der Waals surface area contributed by atoms with E-state index in [2.05, 4.69) is 22.4 Å². The average molecular weight is 365 g/mol. The minimum atomic E-state index is -0.609. The standard InChI is InChI=1S/C20H19N3O2S/c1-2-25-20(24)14(10-21)11-22-12-17(19-8-5-9-26-19)16-13-23-18-7-4-3-6-15(16)18/h3-9,11,13,17,22-23H,2,12H2,1H3/b14-11+. The number of aromatic nitrogens is 1. The van der Waals surface area contributed by atoms with E-state index in [9.17, 15) is 4.79 Å². The molecule has 0 spiro atoms. The van der Waals surface area contributed by atoms with Crippen molar-refractivity contribution in [1.82, 2.24) is 10.3 Å². The molecule has 0 aliphatic carbocycles. The van der Waals surface area contributed by atoms with Gasteiger partial charge in [0, 0.05) is 40.6 Å². The van der Waals surface area contributed by atoms with Gasteiger partial charge in [0.15, 0.2) is 5.57 Å². The normalized spacial score (nSPS) is 12.5. The van der Waals surface area contributed by atoms with Gasteiger partial charge in [-0.2, -0.15) is 5.26 Å². The van der Waals surface area contributed by atoms with E-state index < -0.39 is 5.97 Å². The molecule has 2 heterocycles. The van der Waals surface area contributed by atoms with Crippen LogP contribution in [0.1, 0.15) is 23.3 Å². The summed E-state index contributed by atoms with van der Waals surface area (Å²) in [5, 5.41) is 15.5. The van der Waals surface area contributed by atoms with E-state index >= 15 is 0 Å². The highest BCUT2D eigenvalue weighted by atomic mass is 32.1. The minimum Gasteiger partial charge on any atom is -0.462 e. The lowest BCUT2D eigenvalue weighted by Crippen LogP contribution is -2.19. The Bertz CT molecular complexity index is 951. The fourth-order valence-corrected chi connectivity index (χ4v) is 3.71.